The molecule has 0 saturated carbocycles. The zero-order valence-electron chi connectivity index (χ0n) is 9.88. The fourth-order valence-corrected chi connectivity index (χ4v) is 1.72. The number of rotatable bonds is 2. The normalized spacial score (nSPS) is 10.7. The Bertz CT molecular complexity index is 671. The highest BCUT2D eigenvalue weighted by Crippen LogP contribution is 2.28. The number of nitrogen functional groups attached to an aromatic ring is 1. The van der Waals surface area contributed by atoms with Crippen LogP contribution < -0.4 is 10.5 Å². The Hall–Kier alpha value is -2.49. The Balaban J connectivity index is 1.98. The first-order valence-electron chi connectivity index (χ1n) is 5.62. The molecule has 0 spiro atoms. The van der Waals surface area contributed by atoms with Gasteiger partial charge in [0.05, 0.1) is 0 Å². The number of anilines is 1. The summed E-state index contributed by atoms with van der Waals surface area (Å²) in [5.41, 5.74) is 8.82. The molecular formula is C14H12N2O2. The van der Waals surface area contributed by atoms with Crippen LogP contribution in [0.1, 0.15) is 5.56 Å². The number of hydrogen-bond donors (Lipinski definition) is 1. The molecule has 2 N–H and O–H groups in total. The van der Waals surface area contributed by atoms with Crippen molar-refractivity contribution < 1.29 is 9.15 Å². The number of aryl methyl sites for hydroxylation is 1. The molecule has 0 aliphatic heterocycles. The summed E-state index contributed by atoms with van der Waals surface area (Å²) >= 11 is 0. The molecule has 1 heterocycles. The number of aromatic nitrogens is 1. The van der Waals surface area contributed by atoms with Gasteiger partial charge in [0, 0.05) is 11.8 Å². The molecule has 18 heavy (non-hydrogen) atoms. The minimum absolute atomic E-state index is 0.227. The summed E-state index contributed by atoms with van der Waals surface area (Å²) < 4.78 is 11.1. The highest BCUT2D eigenvalue weighted by Gasteiger charge is 2.09. The fourth-order valence-electron chi connectivity index (χ4n) is 1.72. The molecule has 90 valence electrons. The van der Waals surface area contributed by atoms with E-state index in [4.69, 9.17) is 14.9 Å². The molecule has 0 aliphatic rings. The Morgan fingerprint density at radius 2 is 2.00 bits per heavy atom. The molecular weight excluding hydrogens is 228 g/mol. The predicted molar refractivity (Wildman–Crippen MR) is 69.7 cm³/mol. The van der Waals surface area contributed by atoms with E-state index in [1.807, 2.05) is 43.3 Å². The molecule has 3 rings (SSSR count). The lowest BCUT2D eigenvalue weighted by Gasteiger charge is -2.05. The van der Waals surface area contributed by atoms with Crippen molar-refractivity contribution in [2.45, 2.75) is 6.92 Å². The van der Waals surface area contributed by atoms with Crippen molar-refractivity contribution in [3.63, 3.8) is 0 Å². The second kappa shape index (κ2) is 4.07. The highest BCUT2D eigenvalue weighted by molar-refractivity contribution is 5.72. The van der Waals surface area contributed by atoms with Crippen LogP contribution in [-0.2, 0) is 0 Å². The summed E-state index contributed by atoms with van der Waals surface area (Å²) in [6.45, 7) is 1.94. The Kier molecular flexibility index (Phi) is 2.41. The van der Waals surface area contributed by atoms with E-state index in [1.165, 1.54) is 0 Å². The second-order valence-corrected chi connectivity index (χ2v) is 4.07. The first-order valence-corrected chi connectivity index (χ1v) is 5.62. The maximum absolute atomic E-state index is 5.73. The molecule has 4 heteroatoms. The smallest absolute Gasteiger partial charge is 0.400 e. The van der Waals surface area contributed by atoms with E-state index in [9.17, 15) is 0 Å². The van der Waals surface area contributed by atoms with Gasteiger partial charge in [-0.15, -0.1) is 0 Å². The van der Waals surface area contributed by atoms with Crippen LogP contribution in [0.3, 0.4) is 0 Å². The largest absolute Gasteiger partial charge is 0.411 e. The molecule has 3 aromatic rings. The van der Waals surface area contributed by atoms with Crippen molar-refractivity contribution in [2.24, 2.45) is 0 Å². The van der Waals surface area contributed by atoms with E-state index in [1.54, 1.807) is 6.07 Å². The zero-order chi connectivity index (χ0) is 12.5. The van der Waals surface area contributed by atoms with Gasteiger partial charge in [-0.25, -0.2) is 0 Å². The third kappa shape index (κ3) is 1.88. The number of para-hydroxylation sites is 2. The van der Waals surface area contributed by atoms with E-state index in [2.05, 4.69) is 4.98 Å². The third-order valence-corrected chi connectivity index (χ3v) is 2.68. The Morgan fingerprint density at radius 3 is 2.83 bits per heavy atom. The van der Waals surface area contributed by atoms with Gasteiger partial charge in [0.1, 0.15) is 11.3 Å². The van der Waals surface area contributed by atoms with E-state index >= 15 is 0 Å². The first kappa shape index (κ1) is 10.7. The number of ether oxygens (including phenoxy) is 1. The van der Waals surface area contributed by atoms with Crippen LogP contribution >= 0.6 is 0 Å². The van der Waals surface area contributed by atoms with E-state index in [0.29, 0.717) is 17.0 Å². The van der Waals surface area contributed by atoms with Gasteiger partial charge >= 0.3 is 6.08 Å². The van der Waals surface area contributed by atoms with Gasteiger partial charge in [-0.2, -0.15) is 4.98 Å². The molecule has 0 bridgehead atoms. The first-order chi connectivity index (χ1) is 8.72. The summed E-state index contributed by atoms with van der Waals surface area (Å²) in [5, 5.41) is 0. The quantitative estimate of drug-likeness (QED) is 0.696. The van der Waals surface area contributed by atoms with Crippen molar-refractivity contribution in [3.05, 3.63) is 48.0 Å². The molecule has 0 amide bonds. The molecule has 0 saturated heterocycles. The van der Waals surface area contributed by atoms with Gasteiger partial charge in [0.2, 0.25) is 0 Å². The van der Waals surface area contributed by atoms with Crippen LogP contribution in [0.25, 0.3) is 11.1 Å². The zero-order valence-corrected chi connectivity index (χ0v) is 9.88. The predicted octanol–water partition coefficient (Wildman–Crippen LogP) is 3.51. The summed E-state index contributed by atoms with van der Waals surface area (Å²) in [5.74, 6) is 0.654. The fraction of sp³-hybridized carbons (Fsp3) is 0.0714. The monoisotopic (exact) mass is 240 g/mol. The summed E-state index contributed by atoms with van der Waals surface area (Å²) in [7, 11) is 0. The second-order valence-electron chi connectivity index (χ2n) is 4.07. The van der Waals surface area contributed by atoms with Crippen molar-refractivity contribution in [1.29, 1.82) is 0 Å². The molecule has 4 nitrogen and oxygen atoms in total. The van der Waals surface area contributed by atoms with Crippen molar-refractivity contribution >= 4 is 16.8 Å². The topological polar surface area (TPSA) is 61.3 Å². The van der Waals surface area contributed by atoms with Gasteiger partial charge in [-0.1, -0.05) is 18.2 Å². The summed E-state index contributed by atoms with van der Waals surface area (Å²) in [4.78, 5) is 4.25. The maximum Gasteiger partial charge on any atom is 0.400 e. The minimum Gasteiger partial charge on any atom is -0.411 e. The number of benzene rings is 2. The van der Waals surface area contributed by atoms with Gasteiger partial charge in [-0.3, -0.25) is 0 Å². The van der Waals surface area contributed by atoms with Crippen LogP contribution in [-0.4, -0.2) is 4.98 Å². The van der Waals surface area contributed by atoms with Crippen molar-refractivity contribution in [1.82, 2.24) is 4.98 Å². The molecule has 0 fully saturated rings. The van der Waals surface area contributed by atoms with Crippen LogP contribution in [0.4, 0.5) is 5.69 Å². The highest BCUT2D eigenvalue weighted by atomic mass is 16.6. The average molecular weight is 240 g/mol. The number of hydrogen-bond acceptors (Lipinski definition) is 4. The molecule has 1 aromatic heterocycles. The average Bonchev–Trinajstić information content (AvgIpc) is 2.76. The van der Waals surface area contributed by atoms with E-state index < -0.39 is 0 Å². The Labute approximate surface area is 104 Å². The maximum atomic E-state index is 5.73. The van der Waals surface area contributed by atoms with Crippen LogP contribution in [0.5, 0.6) is 11.8 Å². The number of nitrogens with two attached hydrogens (primary N) is 1. The summed E-state index contributed by atoms with van der Waals surface area (Å²) in [6, 6.07) is 13.0. The van der Waals surface area contributed by atoms with Gasteiger partial charge < -0.3 is 14.9 Å². The molecule has 0 unspecified atom stereocenters. The lowest BCUT2D eigenvalue weighted by molar-refractivity contribution is 0.341. The summed E-state index contributed by atoms with van der Waals surface area (Å²) in [6.07, 6.45) is 0.227. The van der Waals surface area contributed by atoms with Gasteiger partial charge in [-0.05, 0) is 30.7 Å². The SMILES string of the molecule is Cc1ccc(N)cc1Oc1nc2ccccc2o1. The number of oxazole rings is 1. The van der Waals surface area contributed by atoms with E-state index in [-0.39, 0.29) is 6.08 Å². The lowest BCUT2D eigenvalue weighted by Crippen LogP contribution is -1.90. The number of fused-ring (bicyclic) bond motifs is 1. The molecule has 0 atom stereocenters. The van der Waals surface area contributed by atoms with Gasteiger partial charge in [0.15, 0.2) is 5.58 Å². The van der Waals surface area contributed by atoms with Crippen LogP contribution in [0.15, 0.2) is 46.9 Å². The van der Waals surface area contributed by atoms with Crippen molar-refractivity contribution in [2.75, 3.05) is 5.73 Å². The van der Waals surface area contributed by atoms with E-state index in [0.717, 1.165) is 11.1 Å². The Morgan fingerprint density at radius 1 is 1.17 bits per heavy atom. The third-order valence-electron chi connectivity index (χ3n) is 2.68. The van der Waals surface area contributed by atoms with Crippen LogP contribution in [0.2, 0.25) is 0 Å². The minimum atomic E-state index is 0.227. The standard InChI is InChI=1S/C14H12N2O2/c1-9-6-7-10(15)8-13(9)18-14-16-11-4-2-3-5-12(11)17-14/h2-8H,15H2,1H3. The number of nitrogens with zero attached hydrogens (tertiary/aromatic N) is 1. The molecule has 0 aliphatic carbocycles. The lowest BCUT2D eigenvalue weighted by atomic mass is 10.2. The molecule has 0 radical (unpaired) electrons. The molecule has 2 aromatic carbocycles. The van der Waals surface area contributed by atoms with Gasteiger partial charge in [0.25, 0.3) is 0 Å². The van der Waals surface area contributed by atoms with Crippen LogP contribution in [0, 0.1) is 6.92 Å². The van der Waals surface area contributed by atoms with Crippen molar-refractivity contribution in [3.8, 4) is 11.8 Å².